The molecule has 0 aliphatic rings. The first kappa shape index (κ1) is 13.1. The van der Waals surface area contributed by atoms with E-state index in [2.05, 4.69) is 10.4 Å². The van der Waals surface area contributed by atoms with Crippen molar-refractivity contribution in [2.45, 2.75) is 20.0 Å². The molecule has 3 nitrogen and oxygen atoms in total. The Bertz CT molecular complexity index is 525. The van der Waals surface area contributed by atoms with Crippen molar-refractivity contribution < 1.29 is 4.39 Å². The maximum atomic E-state index is 13.2. The van der Waals surface area contributed by atoms with Gasteiger partial charge in [0.25, 0.3) is 0 Å². The molecule has 0 atom stereocenters. The van der Waals surface area contributed by atoms with Gasteiger partial charge in [-0.3, -0.25) is 4.68 Å². The van der Waals surface area contributed by atoms with Gasteiger partial charge >= 0.3 is 0 Å². The van der Waals surface area contributed by atoms with Crippen molar-refractivity contribution in [2.75, 3.05) is 6.54 Å². The third-order valence-corrected chi connectivity index (χ3v) is 2.90. The molecule has 5 heteroatoms. The summed E-state index contributed by atoms with van der Waals surface area (Å²) in [7, 11) is 0. The minimum atomic E-state index is -0.376. The number of halogens is 2. The van der Waals surface area contributed by atoms with Gasteiger partial charge in [0.2, 0.25) is 0 Å². The van der Waals surface area contributed by atoms with Gasteiger partial charge < -0.3 is 5.32 Å². The van der Waals surface area contributed by atoms with Crippen molar-refractivity contribution in [3.63, 3.8) is 0 Å². The van der Waals surface area contributed by atoms with E-state index < -0.39 is 0 Å². The summed E-state index contributed by atoms with van der Waals surface area (Å²) in [5.74, 6) is -0.376. The van der Waals surface area contributed by atoms with Crippen LogP contribution in [0.5, 0.6) is 0 Å². The fraction of sp³-hybridized carbons (Fsp3) is 0.308. The summed E-state index contributed by atoms with van der Waals surface area (Å²) >= 11 is 5.62. The first-order chi connectivity index (χ1) is 8.65. The Labute approximate surface area is 111 Å². The van der Waals surface area contributed by atoms with Crippen molar-refractivity contribution in [3.05, 3.63) is 52.6 Å². The van der Waals surface area contributed by atoms with Gasteiger partial charge in [-0.05, 0) is 30.2 Å². The zero-order valence-corrected chi connectivity index (χ0v) is 10.9. The number of hydrogen-bond acceptors (Lipinski definition) is 2. The van der Waals surface area contributed by atoms with Gasteiger partial charge in [-0.1, -0.05) is 17.7 Å². The highest BCUT2D eigenvalue weighted by Crippen LogP contribution is 2.15. The van der Waals surface area contributed by atoms with Crippen LogP contribution in [0, 0.1) is 12.7 Å². The van der Waals surface area contributed by atoms with Gasteiger partial charge in [0.05, 0.1) is 17.8 Å². The van der Waals surface area contributed by atoms with Gasteiger partial charge in [-0.15, -0.1) is 0 Å². The fourth-order valence-electron chi connectivity index (χ4n) is 1.67. The Morgan fingerprint density at radius 1 is 1.44 bits per heavy atom. The molecule has 0 fully saturated rings. The van der Waals surface area contributed by atoms with Crippen molar-refractivity contribution in [3.8, 4) is 0 Å². The van der Waals surface area contributed by atoms with Crippen LogP contribution in [-0.2, 0) is 13.1 Å². The molecule has 2 aromatic rings. The minimum absolute atomic E-state index is 0.158. The summed E-state index contributed by atoms with van der Waals surface area (Å²) < 4.78 is 15.1. The van der Waals surface area contributed by atoms with E-state index in [9.17, 15) is 4.39 Å². The SMILES string of the molecule is Cc1cnn(CCNCc2ccc(Cl)c(F)c2)c1. The van der Waals surface area contributed by atoms with Crippen LogP contribution in [0.15, 0.2) is 30.6 Å². The summed E-state index contributed by atoms with van der Waals surface area (Å²) in [5.41, 5.74) is 2.03. The Morgan fingerprint density at radius 2 is 2.28 bits per heavy atom. The molecule has 0 saturated carbocycles. The first-order valence-corrected chi connectivity index (χ1v) is 6.16. The highest BCUT2D eigenvalue weighted by molar-refractivity contribution is 6.30. The zero-order chi connectivity index (χ0) is 13.0. The zero-order valence-electron chi connectivity index (χ0n) is 10.2. The number of benzene rings is 1. The number of aromatic nitrogens is 2. The van der Waals surface area contributed by atoms with E-state index in [4.69, 9.17) is 11.6 Å². The molecule has 1 aromatic heterocycles. The molecule has 0 saturated heterocycles. The molecule has 0 spiro atoms. The summed E-state index contributed by atoms with van der Waals surface area (Å²) in [5, 5.41) is 7.58. The van der Waals surface area contributed by atoms with Crippen LogP contribution in [0.1, 0.15) is 11.1 Å². The minimum Gasteiger partial charge on any atom is -0.311 e. The van der Waals surface area contributed by atoms with Gasteiger partial charge in [0.1, 0.15) is 5.82 Å². The molecule has 0 bridgehead atoms. The highest BCUT2D eigenvalue weighted by atomic mass is 35.5. The maximum Gasteiger partial charge on any atom is 0.142 e. The third-order valence-electron chi connectivity index (χ3n) is 2.59. The van der Waals surface area contributed by atoms with E-state index >= 15 is 0 Å². The molecule has 1 heterocycles. The predicted molar refractivity (Wildman–Crippen MR) is 70.1 cm³/mol. The Morgan fingerprint density at radius 3 is 2.94 bits per heavy atom. The molecule has 0 aliphatic carbocycles. The summed E-state index contributed by atoms with van der Waals surface area (Å²) in [6.07, 6.45) is 3.82. The smallest absolute Gasteiger partial charge is 0.142 e. The lowest BCUT2D eigenvalue weighted by Gasteiger charge is -2.06. The van der Waals surface area contributed by atoms with Crippen LogP contribution >= 0.6 is 11.6 Å². The summed E-state index contributed by atoms with van der Waals surface area (Å²) in [4.78, 5) is 0. The number of rotatable bonds is 5. The molecule has 2 rings (SSSR count). The Balaban J connectivity index is 1.76. The topological polar surface area (TPSA) is 29.9 Å². The van der Waals surface area contributed by atoms with Gasteiger partial charge in [-0.25, -0.2) is 4.39 Å². The highest BCUT2D eigenvalue weighted by Gasteiger charge is 2.00. The quantitative estimate of drug-likeness (QED) is 0.845. The van der Waals surface area contributed by atoms with Crippen molar-refractivity contribution in [2.24, 2.45) is 0 Å². The van der Waals surface area contributed by atoms with E-state index in [1.807, 2.05) is 30.1 Å². The lowest BCUT2D eigenvalue weighted by atomic mass is 10.2. The lowest BCUT2D eigenvalue weighted by molar-refractivity contribution is 0.553. The molecule has 0 aliphatic heterocycles. The van der Waals surface area contributed by atoms with E-state index in [1.165, 1.54) is 6.07 Å². The largest absolute Gasteiger partial charge is 0.311 e. The van der Waals surface area contributed by atoms with Crippen molar-refractivity contribution >= 4 is 11.6 Å². The monoisotopic (exact) mass is 267 g/mol. The van der Waals surface area contributed by atoms with E-state index in [1.54, 1.807) is 6.07 Å². The lowest BCUT2D eigenvalue weighted by Crippen LogP contribution is -2.19. The molecular weight excluding hydrogens is 253 g/mol. The van der Waals surface area contributed by atoms with Crippen LogP contribution in [-0.4, -0.2) is 16.3 Å². The van der Waals surface area contributed by atoms with Gasteiger partial charge in [-0.2, -0.15) is 5.10 Å². The number of nitrogens with one attached hydrogen (secondary N) is 1. The molecule has 18 heavy (non-hydrogen) atoms. The fourth-order valence-corrected chi connectivity index (χ4v) is 1.78. The van der Waals surface area contributed by atoms with Crippen LogP contribution in [0.4, 0.5) is 4.39 Å². The molecule has 0 unspecified atom stereocenters. The molecular formula is C13H15ClFN3. The number of hydrogen-bond donors (Lipinski definition) is 1. The Kier molecular flexibility index (Phi) is 4.33. The molecule has 0 amide bonds. The average molecular weight is 268 g/mol. The van der Waals surface area contributed by atoms with Crippen LogP contribution in [0.25, 0.3) is 0 Å². The van der Waals surface area contributed by atoms with Crippen LogP contribution < -0.4 is 5.32 Å². The second kappa shape index (κ2) is 5.98. The van der Waals surface area contributed by atoms with E-state index in [0.29, 0.717) is 6.54 Å². The summed E-state index contributed by atoms with van der Waals surface area (Å²) in [6, 6.07) is 4.84. The molecule has 1 aromatic carbocycles. The van der Waals surface area contributed by atoms with E-state index in [-0.39, 0.29) is 10.8 Å². The predicted octanol–water partition coefficient (Wildman–Crippen LogP) is 2.77. The second-order valence-electron chi connectivity index (χ2n) is 4.21. The van der Waals surface area contributed by atoms with Crippen LogP contribution in [0.2, 0.25) is 5.02 Å². The summed E-state index contributed by atoms with van der Waals surface area (Å²) in [6.45, 7) is 4.21. The molecule has 96 valence electrons. The molecule has 1 N–H and O–H groups in total. The number of nitrogens with zero attached hydrogens (tertiary/aromatic N) is 2. The van der Waals surface area contributed by atoms with Crippen molar-refractivity contribution in [1.82, 2.24) is 15.1 Å². The van der Waals surface area contributed by atoms with E-state index in [0.717, 1.165) is 24.2 Å². The standard InChI is InChI=1S/C13H15ClFN3/c1-10-7-17-18(9-10)5-4-16-8-11-2-3-12(14)13(15)6-11/h2-3,6-7,9,16H,4-5,8H2,1H3. The molecule has 0 radical (unpaired) electrons. The van der Waals surface area contributed by atoms with Gasteiger partial charge in [0, 0.05) is 19.3 Å². The van der Waals surface area contributed by atoms with Gasteiger partial charge in [0.15, 0.2) is 0 Å². The maximum absolute atomic E-state index is 13.2. The second-order valence-corrected chi connectivity index (χ2v) is 4.61. The Hall–Kier alpha value is -1.39. The number of aryl methyl sites for hydroxylation is 1. The average Bonchev–Trinajstić information content (AvgIpc) is 2.75. The normalized spacial score (nSPS) is 10.8. The first-order valence-electron chi connectivity index (χ1n) is 5.79. The third kappa shape index (κ3) is 3.55. The van der Waals surface area contributed by atoms with Crippen LogP contribution in [0.3, 0.4) is 0 Å². The van der Waals surface area contributed by atoms with Crippen molar-refractivity contribution in [1.29, 1.82) is 0 Å².